The first kappa shape index (κ1) is 13.4. The number of fused-ring (bicyclic) bond motifs is 1. The van der Waals surface area contributed by atoms with E-state index in [0.717, 1.165) is 22.3 Å². The van der Waals surface area contributed by atoms with Crippen LogP contribution in [-0.2, 0) is 6.42 Å². The van der Waals surface area contributed by atoms with Gasteiger partial charge in [0, 0.05) is 12.0 Å². The van der Waals surface area contributed by atoms with Gasteiger partial charge in [0.1, 0.15) is 11.5 Å². The zero-order chi connectivity index (χ0) is 15.0. The van der Waals surface area contributed by atoms with Crippen molar-refractivity contribution in [1.82, 2.24) is 0 Å². The van der Waals surface area contributed by atoms with Crippen LogP contribution in [0.15, 0.2) is 41.6 Å². The van der Waals surface area contributed by atoms with Crippen molar-refractivity contribution in [3.05, 3.63) is 53.1 Å². The number of rotatable bonds is 1. The van der Waals surface area contributed by atoms with Crippen LogP contribution < -0.4 is 0 Å². The Labute approximate surface area is 122 Å². The van der Waals surface area contributed by atoms with Crippen LogP contribution in [-0.4, -0.2) is 21.8 Å². The highest BCUT2D eigenvalue weighted by Crippen LogP contribution is 2.30. The number of ketones is 1. The lowest BCUT2D eigenvalue weighted by molar-refractivity contribution is 0.105. The lowest BCUT2D eigenvalue weighted by Gasteiger charge is -2.17. The molecule has 0 amide bonds. The summed E-state index contributed by atoms with van der Waals surface area (Å²) in [7, 11) is 0. The first-order chi connectivity index (χ1) is 10.1. The number of aromatic hydroxyl groups is 1. The Bertz CT molecular complexity index is 763. The van der Waals surface area contributed by atoms with Gasteiger partial charge in [0.15, 0.2) is 0 Å². The average molecular weight is 281 g/mol. The summed E-state index contributed by atoms with van der Waals surface area (Å²) in [6.45, 7) is 1.94. The summed E-state index contributed by atoms with van der Waals surface area (Å²) in [5.41, 5.74) is 4.82. The van der Waals surface area contributed by atoms with Gasteiger partial charge in [-0.1, -0.05) is 29.4 Å². The number of hydrogen-bond donors (Lipinski definition) is 2. The molecule has 0 aliphatic heterocycles. The number of phenolic OH excluding ortho intramolecular Hbond substituents is 1. The van der Waals surface area contributed by atoms with E-state index in [0.29, 0.717) is 18.4 Å². The highest BCUT2D eigenvalue weighted by atomic mass is 16.4. The number of phenols is 1. The van der Waals surface area contributed by atoms with Gasteiger partial charge in [-0.25, -0.2) is 0 Å². The van der Waals surface area contributed by atoms with Crippen LogP contribution in [0.2, 0.25) is 0 Å². The molecule has 4 heteroatoms. The molecule has 0 unspecified atom stereocenters. The molecule has 0 aromatic heterocycles. The SMILES string of the molecule is Cc1cc(O)ccc1-c1ccc2c(c1)CC/C(=N/O)C2=O. The number of carbonyl (C=O) groups is 1. The van der Waals surface area contributed by atoms with Crippen LogP contribution in [0.25, 0.3) is 11.1 Å². The minimum Gasteiger partial charge on any atom is -0.508 e. The molecule has 1 aliphatic carbocycles. The Morgan fingerprint density at radius 2 is 1.81 bits per heavy atom. The molecule has 0 saturated heterocycles. The third kappa shape index (κ3) is 2.29. The Hall–Kier alpha value is -2.62. The number of nitrogens with zero attached hydrogens (tertiary/aromatic N) is 1. The van der Waals surface area contributed by atoms with E-state index in [1.807, 2.05) is 25.1 Å². The van der Waals surface area contributed by atoms with Crippen molar-refractivity contribution in [3.63, 3.8) is 0 Å². The topological polar surface area (TPSA) is 69.9 Å². The molecule has 0 fully saturated rings. The zero-order valence-electron chi connectivity index (χ0n) is 11.6. The molecule has 4 nitrogen and oxygen atoms in total. The van der Waals surface area contributed by atoms with Gasteiger partial charge in [-0.2, -0.15) is 0 Å². The smallest absolute Gasteiger partial charge is 0.210 e. The molecule has 0 atom stereocenters. The summed E-state index contributed by atoms with van der Waals surface area (Å²) in [6, 6.07) is 10.9. The number of benzene rings is 2. The van der Waals surface area contributed by atoms with Gasteiger partial charge in [-0.15, -0.1) is 0 Å². The Morgan fingerprint density at radius 3 is 2.52 bits per heavy atom. The number of hydrogen-bond acceptors (Lipinski definition) is 4. The van der Waals surface area contributed by atoms with E-state index in [9.17, 15) is 9.90 Å². The molecule has 2 aromatic carbocycles. The monoisotopic (exact) mass is 281 g/mol. The van der Waals surface area contributed by atoms with Crippen LogP contribution in [0.5, 0.6) is 5.75 Å². The normalized spacial score (nSPS) is 16.0. The van der Waals surface area contributed by atoms with Gasteiger partial charge in [0.25, 0.3) is 0 Å². The molecule has 3 rings (SSSR count). The standard InChI is InChI=1S/C17H15NO3/c1-10-8-13(19)4-6-14(10)11-2-5-15-12(9-11)3-7-16(18-21)17(15)20/h2,4-6,8-9,19,21H,3,7H2,1H3/b18-16-. The van der Waals surface area contributed by atoms with E-state index in [-0.39, 0.29) is 17.2 Å². The Balaban J connectivity index is 2.07. The fourth-order valence-electron chi connectivity index (χ4n) is 2.78. The van der Waals surface area contributed by atoms with Crippen LogP contribution in [0, 0.1) is 6.92 Å². The van der Waals surface area contributed by atoms with Gasteiger partial charge < -0.3 is 10.3 Å². The number of aryl methyl sites for hydroxylation is 2. The van der Waals surface area contributed by atoms with E-state index in [1.54, 1.807) is 18.2 Å². The molecule has 0 heterocycles. The molecule has 21 heavy (non-hydrogen) atoms. The van der Waals surface area contributed by atoms with Gasteiger partial charge >= 0.3 is 0 Å². The molecule has 0 spiro atoms. The molecular weight excluding hydrogens is 266 g/mol. The first-order valence-electron chi connectivity index (χ1n) is 6.78. The van der Waals surface area contributed by atoms with Gasteiger partial charge in [0.05, 0.1) is 0 Å². The maximum atomic E-state index is 12.1. The third-order valence-corrected chi connectivity index (χ3v) is 3.88. The minimum atomic E-state index is -0.201. The molecule has 2 aromatic rings. The van der Waals surface area contributed by atoms with Crippen LogP contribution in [0.4, 0.5) is 0 Å². The third-order valence-electron chi connectivity index (χ3n) is 3.88. The van der Waals surface area contributed by atoms with Crippen molar-refractivity contribution >= 4 is 11.5 Å². The minimum absolute atomic E-state index is 0.201. The summed E-state index contributed by atoms with van der Waals surface area (Å²) in [4.78, 5) is 12.1. The van der Waals surface area contributed by atoms with Crippen molar-refractivity contribution in [2.24, 2.45) is 5.16 Å². The second kappa shape index (κ2) is 5.05. The number of carbonyl (C=O) groups excluding carboxylic acids is 1. The lowest BCUT2D eigenvalue weighted by atomic mass is 9.86. The number of Topliss-reactive ketones (excluding diaryl/α,β-unsaturated/α-hetero) is 1. The highest BCUT2D eigenvalue weighted by molar-refractivity contribution is 6.47. The van der Waals surface area contributed by atoms with Crippen LogP contribution in [0.1, 0.15) is 27.9 Å². The lowest BCUT2D eigenvalue weighted by Crippen LogP contribution is -2.22. The second-order valence-electron chi connectivity index (χ2n) is 5.25. The fraction of sp³-hybridized carbons (Fsp3) is 0.176. The molecule has 1 aliphatic rings. The fourth-order valence-corrected chi connectivity index (χ4v) is 2.78. The summed E-state index contributed by atoms with van der Waals surface area (Å²) < 4.78 is 0. The van der Waals surface area contributed by atoms with E-state index < -0.39 is 0 Å². The van der Waals surface area contributed by atoms with Crippen molar-refractivity contribution in [3.8, 4) is 16.9 Å². The average Bonchev–Trinajstić information content (AvgIpc) is 2.47. The predicted molar refractivity (Wildman–Crippen MR) is 80.2 cm³/mol. The van der Waals surface area contributed by atoms with Gasteiger partial charge in [-0.3, -0.25) is 4.79 Å². The molecule has 0 saturated carbocycles. The molecule has 2 N–H and O–H groups in total. The summed E-state index contributed by atoms with van der Waals surface area (Å²) >= 11 is 0. The van der Waals surface area contributed by atoms with Crippen LogP contribution in [0.3, 0.4) is 0 Å². The molecule has 0 radical (unpaired) electrons. The highest BCUT2D eigenvalue weighted by Gasteiger charge is 2.24. The van der Waals surface area contributed by atoms with Gasteiger partial charge in [0.2, 0.25) is 5.78 Å². The van der Waals surface area contributed by atoms with E-state index in [4.69, 9.17) is 5.21 Å². The molecular formula is C17H15NO3. The quantitative estimate of drug-likeness (QED) is 0.622. The molecule has 106 valence electrons. The Kier molecular flexibility index (Phi) is 3.22. The van der Waals surface area contributed by atoms with Crippen LogP contribution >= 0.6 is 0 Å². The largest absolute Gasteiger partial charge is 0.508 e. The first-order valence-corrected chi connectivity index (χ1v) is 6.78. The maximum Gasteiger partial charge on any atom is 0.210 e. The Morgan fingerprint density at radius 1 is 1.05 bits per heavy atom. The predicted octanol–water partition coefficient (Wildman–Crippen LogP) is 3.33. The zero-order valence-corrected chi connectivity index (χ0v) is 11.6. The van der Waals surface area contributed by atoms with Crippen molar-refractivity contribution in [2.75, 3.05) is 0 Å². The maximum absolute atomic E-state index is 12.1. The van der Waals surface area contributed by atoms with E-state index in [2.05, 4.69) is 5.16 Å². The summed E-state index contributed by atoms with van der Waals surface area (Å²) in [5, 5.41) is 21.4. The van der Waals surface area contributed by atoms with Gasteiger partial charge in [-0.05, 0) is 47.7 Å². The van der Waals surface area contributed by atoms with Crippen molar-refractivity contribution in [2.45, 2.75) is 19.8 Å². The second-order valence-corrected chi connectivity index (χ2v) is 5.25. The van der Waals surface area contributed by atoms with E-state index in [1.165, 1.54) is 0 Å². The van der Waals surface area contributed by atoms with E-state index >= 15 is 0 Å². The molecule has 0 bridgehead atoms. The summed E-state index contributed by atoms with van der Waals surface area (Å²) in [6.07, 6.45) is 1.14. The summed E-state index contributed by atoms with van der Waals surface area (Å²) in [5.74, 6) is 0.0425. The van der Waals surface area contributed by atoms with Crippen molar-refractivity contribution in [1.29, 1.82) is 0 Å². The number of oxime groups is 1. The van der Waals surface area contributed by atoms with Crippen molar-refractivity contribution < 1.29 is 15.1 Å².